The monoisotopic (exact) mass is 357 g/mol. The topological polar surface area (TPSA) is 36.9 Å². The molecule has 0 saturated carbocycles. The zero-order chi connectivity index (χ0) is 19.0. The van der Waals surface area contributed by atoms with Crippen LogP contribution in [-0.4, -0.2) is 49.7 Å². The molecule has 4 nitrogen and oxygen atoms in total. The van der Waals surface area contributed by atoms with Crippen LogP contribution in [0.2, 0.25) is 0 Å². The number of likely N-dealkylation sites (tertiary alicyclic amines) is 1. The Balaban J connectivity index is 1.80. The van der Waals surface area contributed by atoms with E-state index in [1.54, 1.807) is 0 Å². The number of rotatable bonds is 3. The Morgan fingerprint density at radius 3 is 2.35 bits per heavy atom. The van der Waals surface area contributed by atoms with Crippen LogP contribution in [0.15, 0.2) is 29.3 Å². The van der Waals surface area contributed by atoms with Crippen LogP contribution in [0.25, 0.3) is 0 Å². The molecule has 26 heavy (non-hydrogen) atoms. The molecule has 1 N–H and O–H groups in total. The SMILES string of the molecule is CN=C(NCC1(c2ccccc2C)CCOCC1)N1CC(C)(C)C1(C)C. The molecule has 0 radical (unpaired) electrons. The van der Waals surface area contributed by atoms with Crippen molar-refractivity contribution in [3.8, 4) is 0 Å². The highest BCUT2D eigenvalue weighted by Gasteiger charge is 2.54. The third kappa shape index (κ3) is 3.13. The first-order valence-electron chi connectivity index (χ1n) is 9.86. The lowest BCUT2D eigenvalue weighted by Gasteiger charge is -2.62. The Bertz CT molecular complexity index is 672. The van der Waals surface area contributed by atoms with Crippen molar-refractivity contribution in [3.63, 3.8) is 0 Å². The molecule has 4 heteroatoms. The fraction of sp³-hybridized carbons (Fsp3) is 0.682. The molecule has 0 bridgehead atoms. The van der Waals surface area contributed by atoms with Crippen molar-refractivity contribution < 1.29 is 4.74 Å². The Labute approximate surface area is 159 Å². The summed E-state index contributed by atoms with van der Waals surface area (Å²) in [5, 5.41) is 3.72. The molecule has 3 rings (SSSR count). The highest BCUT2D eigenvalue weighted by atomic mass is 16.5. The van der Waals surface area contributed by atoms with Gasteiger partial charge in [0.1, 0.15) is 0 Å². The summed E-state index contributed by atoms with van der Waals surface area (Å²) in [6.07, 6.45) is 2.10. The number of guanidine groups is 1. The van der Waals surface area contributed by atoms with E-state index < -0.39 is 0 Å². The van der Waals surface area contributed by atoms with E-state index in [1.165, 1.54) is 11.1 Å². The standard InChI is InChI=1S/C22H35N3O/c1-17-9-7-8-10-18(17)22(11-13-26-14-12-22)15-24-19(23-6)25-16-20(2,3)21(25,4)5/h7-10H,11-16H2,1-6H3,(H,23,24). The molecule has 1 aromatic carbocycles. The van der Waals surface area contributed by atoms with Gasteiger partial charge in [0.25, 0.3) is 0 Å². The Hall–Kier alpha value is -1.55. The molecule has 2 saturated heterocycles. The first-order valence-corrected chi connectivity index (χ1v) is 9.86. The second-order valence-electron chi connectivity index (χ2n) is 9.14. The average Bonchev–Trinajstić information content (AvgIpc) is 2.62. The number of benzene rings is 1. The predicted molar refractivity (Wildman–Crippen MR) is 109 cm³/mol. The van der Waals surface area contributed by atoms with Gasteiger partial charge in [-0.05, 0) is 44.7 Å². The summed E-state index contributed by atoms with van der Waals surface area (Å²) >= 11 is 0. The number of nitrogens with zero attached hydrogens (tertiary/aromatic N) is 2. The summed E-state index contributed by atoms with van der Waals surface area (Å²) in [6, 6.07) is 8.81. The molecule has 144 valence electrons. The van der Waals surface area contributed by atoms with Crippen molar-refractivity contribution in [3.05, 3.63) is 35.4 Å². The summed E-state index contributed by atoms with van der Waals surface area (Å²) in [5.41, 5.74) is 3.35. The smallest absolute Gasteiger partial charge is 0.194 e. The fourth-order valence-electron chi connectivity index (χ4n) is 4.41. The van der Waals surface area contributed by atoms with Gasteiger partial charge in [0.15, 0.2) is 5.96 Å². The molecule has 2 aliphatic heterocycles. The number of hydrogen-bond donors (Lipinski definition) is 1. The van der Waals surface area contributed by atoms with Crippen LogP contribution in [0.4, 0.5) is 0 Å². The van der Waals surface area contributed by atoms with Crippen molar-refractivity contribution >= 4 is 5.96 Å². The zero-order valence-corrected chi connectivity index (χ0v) is 17.4. The number of ether oxygens (including phenoxy) is 1. The molecule has 0 atom stereocenters. The lowest BCUT2D eigenvalue weighted by atomic mass is 9.65. The van der Waals surface area contributed by atoms with Gasteiger partial charge in [0, 0.05) is 49.7 Å². The molecule has 2 heterocycles. The van der Waals surface area contributed by atoms with Crippen LogP contribution >= 0.6 is 0 Å². The Morgan fingerprint density at radius 2 is 1.81 bits per heavy atom. The van der Waals surface area contributed by atoms with Gasteiger partial charge in [-0.2, -0.15) is 0 Å². The summed E-state index contributed by atoms with van der Waals surface area (Å²) in [4.78, 5) is 7.02. The molecule has 0 unspecified atom stereocenters. The predicted octanol–water partition coefficient (Wildman–Crippen LogP) is 3.74. The van der Waals surface area contributed by atoms with Crippen LogP contribution in [0.1, 0.15) is 51.7 Å². The van der Waals surface area contributed by atoms with Gasteiger partial charge in [0.2, 0.25) is 0 Å². The van der Waals surface area contributed by atoms with Gasteiger partial charge < -0.3 is 15.0 Å². The van der Waals surface area contributed by atoms with Crippen LogP contribution in [0, 0.1) is 12.3 Å². The Kier molecular flexibility index (Phi) is 5.08. The first kappa shape index (κ1) is 19.2. The summed E-state index contributed by atoms with van der Waals surface area (Å²) in [7, 11) is 1.90. The van der Waals surface area contributed by atoms with Crippen LogP contribution in [0.3, 0.4) is 0 Å². The van der Waals surface area contributed by atoms with E-state index in [4.69, 9.17) is 4.74 Å². The minimum absolute atomic E-state index is 0.111. The van der Waals surface area contributed by atoms with E-state index in [-0.39, 0.29) is 11.0 Å². The van der Waals surface area contributed by atoms with Gasteiger partial charge >= 0.3 is 0 Å². The highest BCUT2D eigenvalue weighted by Crippen LogP contribution is 2.46. The number of aliphatic imine (C=N–C) groups is 1. The third-order valence-electron chi connectivity index (χ3n) is 7.10. The first-order chi connectivity index (χ1) is 12.2. The van der Waals surface area contributed by atoms with Crippen LogP contribution < -0.4 is 5.32 Å². The quantitative estimate of drug-likeness (QED) is 0.661. The number of hydrogen-bond acceptors (Lipinski definition) is 2. The average molecular weight is 358 g/mol. The maximum Gasteiger partial charge on any atom is 0.194 e. The maximum atomic E-state index is 5.69. The highest BCUT2D eigenvalue weighted by molar-refractivity contribution is 5.82. The van der Waals surface area contributed by atoms with Gasteiger partial charge in [-0.3, -0.25) is 4.99 Å². The second kappa shape index (κ2) is 6.88. The van der Waals surface area contributed by atoms with Crippen molar-refractivity contribution in [1.82, 2.24) is 10.2 Å². The number of aryl methyl sites for hydroxylation is 1. The van der Waals surface area contributed by atoms with Crippen molar-refractivity contribution in [2.75, 3.05) is 33.4 Å². The van der Waals surface area contributed by atoms with Crippen molar-refractivity contribution in [2.24, 2.45) is 10.4 Å². The summed E-state index contributed by atoms with van der Waals surface area (Å²) in [6.45, 7) is 15.1. The van der Waals surface area contributed by atoms with Gasteiger partial charge in [-0.1, -0.05) is 38.1 Å². The lowest BCUT2D eigenvalue weighted by Crippen LogP contribution is -2.72. The second-order valence-corrected chi connectivity index (χ2v) is 9.14. The lowest BCUT2D eigenvalue weighted by molar-refractivity contribution is -0.0671. The van der Waals surface area contributed by atoms with E-state index >= 15 is 0 Å². The summed E-state index contributed by atoms with van der Waals surface area (Å²) < 4.78 is 5.69. The van der Waals surface area contributed by atoms with Crippen molar-refractivity contribution in [1.29, 1.82) is 0 Å². The van der Waals surface area contributed by atoms with Crippen LogP contribution in [0.5, 0.6) is 0 Å². The largest absolute Gasteiger partial charge is 0.381 e. The molecule has 1 aromatic rings. The minimum Gasteiger partial charge on any atom is -0.381 e. The molecule has 0 aromatic heterocycles. The van der Waals surface area contributed by atoms with Gasteiger partial charge in [0.05, 0.1) is 0 Å². The van der Waals surface area contributed by atoms with E-state index in [1.807, 2.05) is 7.05 Å². The molecular formula is C22H35N3O. The zero-order valence-electron chi connectivity index (χ0n) is 17.4. The van der Waals surface area contributed by atoms with E-state index in [2.05, 4.69) is 74.1 Å². The molecule has 0 amide bonds. The summed E-state index contributed by atoms with van der Waals surface area (Å²) in [5.74, 6) is 1.02. The maximum absolute atomic E-state index is 5.69. The normalized spacial score (nSPS) is 24.1. The van der Waals surface area contributed by atoms with Crippen LogP contribution in [-0.2, 0) is 10.2 Å². The minimum atomic E-state index is 0.111. The van der Waals surface area contributed by atoms with E-state index in [0.29, 0.717) is 5.41 Å². The van der Waals surface area contributed by atoms with Gasteiger partial charge in [-0.15, -0.1) is 0 Å². The van der Waals surface area contributed by atoms with E-state index in [0.717, 1.165) is 45.1 Å². The molecule has 2 fully saturated rings. The fourth-order valence-corrected chi connectivity index (χ4v) is 4.41. The van der Waals surface area contributed by atoms with E-state index in [9.17, 15) is 0 Å². The number of nitrogens with one attached hydrogen (secondary N) is 1. The molecule has 0 spiro atoms. The molecule has 0 aliphatic carbocycles. The van der Waals surface area contributed by atoms with Gasteiger partial charge in [-0.25, -0.2) is 0 Å². The molecule has 2 aliphatic rings. The molecular weight excluding hydrogens is 322 g/mol. The third-order valence-corrected chi connectivity index (χ3v) is 7.10. The Morgan fingerprint density at radius 1 is 1.15 bits per heavy atom. The van der Waals surface area contributed by atoms with Crippen molar-refractivity contribution in [2.45, 2.75) is 58.4 Å².